The molecule has 0 aromatic heterocycles. The Labute approximate surface area is 181 Å². The second-order valence-corrected chi connectivity index (χ2v) is 9.65. The van der Waals surface area contributed by atoms with E-state index in [-0.39, 0.29) is 30.3 Å². The molecule has 2 aromatic rings. The van der Waals surface area contributed by atoms with Gasteiger partial charge < -0.3 is 10.2 Å². The lowest BCUT2D eigenvalue weighted by atomic mass is 9.95. The van der Waals surface area contributed by atoms with Crippen molar-refractivity contribution < 1.29 is 22.4 Å². The first-order chi connectivity index (χ1) is 14.7. The molecule has 1 fully saturated rings. The van der Waals surface area contributed by atoms with E-state index < -0.39 is 27.4 Å². The first-order valence-electron chi connectivity index (χ1n) is 10.1. The molecular formula is C22H26FN3O4S. The van der Waals surface area contributed by atoms with E-state index in [1.807, 2.05) is 6.92 Å². The highest BCUT2D eigenvalue weighted by Crippen LogP contribution is 2.28. The van der Waals surface area contributed by atoms with Crippen LogP contribution in [0.2, 0.25) is 0 Å². The lowest BCUT2D eigenvalue weighted by molar-refractivity contribution is -0.152. The summed E-state index contributed by atoms with van der Waals surface area (Å²) in [6, 6.07) is 13.5. The van der Waals surface area contributed by atoms with Gasteiger partial charge in [0.1, 0.15) is 11.4 Å². The molecule has 31 heavy (non-hydrogen) atoms. The summed E-state index contributed by atoms with van der Waals surface area (Å²) in [4.78, 5) is 27.6. The van der Waals surface area contributed by atoms with Gasteiger partial charge in [0.2, 0.25) is 21.8 Å². The predicted octanol–water partition coefficient (Wildman–Crippen LogP) is 2.14. The SMILES string of the molecule is CCCN1C(=O)CN(S(=O)(=O)c2ccccc2)C[C@@]1(C)C(=O)NCc1ccc(F)cc1. The van der Waals surface area contributed by atoms with Gasteiger partial charge in [0, 0.05) is 19.6 Å². The maximum Gasteiger partial charge on any atom is 0.247 e. The lowest BCUT2D eigenvalue weighted by Gasteiger charge is -2.46. The summed E-state index contributed by atoms with van der Waals surface area (Å²) in [6.07, 6.45) is 0.623. The molecule has 0 bridgehead atoms. The van der Waals surface area contributed by atoms with Gasteiger partial charge in [0.25, 0.3) is 0 Å². The fourth-order valence-electron chi connectivity index (χ4n) is 3.67. The highest BCUT2D eigenvalue weighted by molar-refractivity contribution is 7.89. The molecular weight excluding hydrogens is 421 g/mol. The fourth-order valence-corrected chi connectivity index (χ4v) is 5.17. The third-order valence-electron chi connectivity index (χ3n) is 5.38. The van der Waals surface area contributed by atoms with E-state index in [1.165, 1.54) is 29.2 Å². The molecule has 7 nitrogen and oxygen atoms in total. The zero-order chi connectivity index (χ0) is 22.6. The van der Waals surface area contributed by atoms with Crippen LogP contribution in [0.15, 0.2) is 59.5 Å². The number of halogens is 1. The Morgan fingerprint density at radius 1 is 1.13 bits per heavy atom. The maximum atomic E-state index is 13.2. The third kappa shape index (κ3) is 4.77. The number of benzene rings is 2. The first kappa shape index (κ1) is 22.9. The molecule has 166 valence electrons. The predicted molar refractivity (Wildman–Crippen MR) is 114 cm³/mol. The third-order valence-corrected chi connectivity index (χ3v) is 7.18. The number of carbonyl (C=O) groups excluding carboxylic acids is 2. The number of sulfonamides is 1. The van der Waals surface area contributed by atoms with Gasteiger partial charge in [-0.2, -0.15) is 4.31 Å². The quantitative estimate of drug-likeness (QED) is 0.705. The number of hydrogen-bond acceptors (Lipinski definition) is 4. The number of amides is 2. The van der Waals surface area contributed by atoms with Crippen LogP contribution in [-0.4, -0.2) is 54.6 Å². The molecule has 9 heteroatoms. The molecule has 0 saturated carbocycles. The second-order valence-electron chi connectivity index (χ2n) is 7.71. The average molecular weight is 448 g/mol. The standard InChI is InChI=1S/C22H26FN3O4S/c1-3-13-26-20(27)15-25(31(29,30)19-7-5-4-6-8-19)16-22(26,2)21(28)24-14-17-9-11-18(23)12-10-17/h4-12H,3,13-16H2,1-2H3,(H,24,28)/t22-/m0/s1. The van der Waals surface area contributed by atoms with Crippen LogP contribution >= 0.6 is 0 Å². The molecule has 0 aliphatic carbocycles. The van der Waals surface area contributed by atoms with Crippen molar-refractivity contribution in [3.05, 3.63) is 66.0 Å². The summed E-state index contributed by atoms with van der Waals surface area (Å²) in [5, 5.41) is 2.77. The van der Waals surface area contributed by atoms with Gasteiger partial charge in [-0.25, -0.2) is 12.8 Å². The second kappa shape index (κ2) is 9.15. The Bertz CT molecular complexity index is 1040. The van der Waals surface area contributed by atoms with E-state index in [0.717, 1.165) is 4.31 Å². The van der Waals surface area contributed by atoms with Crippen LogP contribution in [-0.2, 0) is 26.2 Å². The Hall–Kier alpha value is -2.78. The van der Waals surface area contributed by atoms with Gasteiger partial charge in [-0.15, -0.1) is 0 Å². The van der Waals surface area contributed by atoms with Gasteiger partial charge in [0.15, 0.2) is 0 Å². The monoisotopic (exact) mass is 447 g/mol. The summed E-state index contributed by atoms with van der Waals surface area (Å²) < 4.78 is 40.4. The van der Waals surface area contributed by atoms with Crippen molar-refractivity contribution in [2.45, 2.75) is 37.2 Å². The van der Waals surface area contributed by atoms with Gasteiger partial charge in [-0.3, -0.25) is 9.59 Å². The number of carbonyl (C=O) groups is 2. The van der Waals surface area contributed by atoms with E-state index >= 15 is 0 Å². The largest absolute Gasteiger partial charge is 0.350 e. The molecule has 2 aromatic carbocycles. The maximum absolute atomic E-state index is 13.2. The molecule has 2 amide bonds. The summed E-state index contributed by atoms with van der Waals surface area (Å²) in [7, 11) is -3.95. The Morgan fingerprint density at radius 3 is 2.39 bits per heavy atom. The highest BCUT2D eigenvalue weighted by Gasteiger charge is 2.49. The van der Waals surface area contributed by atoms with E-state index in [2.05, 4.69) is 5.32 Å². The zero-order valence-electron chi connectivity index (χ0n) is 17.5. The Balaban J connectivity index is 1.86. The van der Waals surface area contributed by atoms with Crippen LogP contribution in [0.3, 0.4) is 0 Å². The zero-order valence-corrected chi connectivity index (χ0v) is 18.4. The Morgan fingerprint density at radius 2 is 1.77 bits per heavy atom. The van der Waals surface area contributed by atoms with E-state index in [9.17, 15) is 22.4 Å². The topological polar surface area (TPSA) is 86.8 Å². The molecule has 1 atom stereocenters. The first-order valence-corrected chi connectivity index (χ1v) is 11.5. The van der Waals surface area contributed by atoms with E-state index in [4.69, 9.17) is 0 Å². The average Bonchev–Trinajstić information content (AvgIpc) is 2.76. The summed E-state index contributed by atoms with van der Waals surface area (Å²) in [5.41, 5.74) is -0.691. The molecule has 1 aliphatic heterocycles. The number of rotatable bonds is 7. The normalized spacial score (nSPS) is 20.0. The van der Waals surface area contributed by atoms with Crippen molar-refractivity contribution in [3.8, 4) is 0 Å². The molecule has 1 N–H and O–H groups in total. The number of nitrogens with zero attached hydrogens (tertiary/aromatic N) is 2. The van der Waals surface area contributed by atoms with Gasteiger partial charge >= 0.3 is 0 Å². The van der Waals surface area contributed by atoms with Crippen LogP contribution in [0, 0.1) is 5.82 Å². The minimum atomic E-state index is -3.95. The van der Waals surface area contributed by atoms with Crippen molar-refractivity contribution in [1.29, 1.82) is 0 Å². The minimum absolute atomic E-state index is 0.0702. The van der Waals surface area contributed by atoms with Crippen LogP contribution in [0.4, 0.5) is 4.39 Å². The molecule has 3 rings (SSSR count). The number of hydrogen-bond donors (Lipinski definition) is 1. The minimum Gasteiger partial charge on any atom is -0.350 e. The summed E-state index contributed by atoms with van der Waals surface area (Å²) in [5.74, 6) is -1.27. The molecule has 1 aliphatic rings. The molecule has 0 spiro atoms. The van der Waals surface area contributed by atoms with Crippen LogP contribution in [0.1, 0.15) is 25.8 Å². The van der Waals surface area contributed by atoms with Crippen LogP contribution < -0.4 is 5.32 Å². The van der Waals surface area contributed by atoms with Crippen molar-refractivity contribution in [2.75, 3.05) is 19.6 Å². The van der Waals surface area contributed by atoms with Crippen LogP contribution in [0.5, 0.6) is 0 Å². The van der Waals surface area contributed by atoms with Crippen molar-refractivity contribution in [1.82, 2.24) is 14.5 Å². The molecule has 0 unspecified atom stereocenters. The number of nitrogens with one attached hydrogen (secondary N) is 1. The fraction of sp³-hybridized carbons (Fsp3) is 0.364. The van der Waals surface area contributed by atoms with Crippen LogP contribution in [0.25, 0.3) is 0 Å². The van der Waals surface area contributed by atoms with Crippen molar-refractivity contribution in [2.24, 2.45) is 0 Å². The summed E-state index contributed by atoms with van der Waals surface area (Å²) >= 11 is 0. The number of piperazine rings is 1. The summed E-state index contributed by atoms with van der Waals surface area (Å²) in [6.45, 7) is 3.44. The Kier molecular flexibility index (Phi) is 6.76. The van der Waals surface area contributed by atoms with Gasteiger partial charge in [0.05, 0.1) is 11.4 Å². The highest BCUT2D eigenvalue weighted by atomic mass is 32.2. The lowest BCUT2D eigenvalue weighted by Crippen LogP contribution is -2.69. The van der Waals surface area contributed by atoms with Crippen molar-refractivity contribution >= 4 is 21.8 Å². The van der Waals surface area contributed by atoms with Gasteiger partial charge in [-0.1, -0.05) is 37.3 Å². The van der Waals surface area contributed by atoms with E-state index in [1.54, 1.807) is 37.3 Å². The smallest absolute Gasteiger partial charge is 0.247 e. The van der Waals surface area contributed by atoms with Gasteiger partial charge in [-0.05, 0) is 43.2 Å². The molecule has 1 saturated heterocycles. The molecule has 1 heterocycles. The van der Waals surface area contributed by atoms with E-state index in [0.29, 0.717) is 18.5 Å². The van der Waals surface area contributed by atoms with Crippen molar-refractivity contribution in [3.63, 3.8) is 0 Å². The molecule has 0 radical (unpaired) electrons.